The largest absolute Gasteiger partial charge is 0.477 e. The van der Waals surface area contributed by atoms with Gasteiger partial charge in [0, 0.05) is 12.7 Å². The highest BCUT2D eigenvalue weighted by atomic mass is 35.5. The van der Waals surface area contributed by atoms with E-state index in [2.05, 4.69) is 0 Å². The Hall–Kier alpha value is -2.38. The summed E-state index contributed by atoms with van der Waals surface area (Å²) in [6.07, 6.45) is 1.25. The Morgan fingerprint density at radius 2 is 1.96 bits per heavy atom. The van der Waals surface area contributed by atoms with E-state index >= 15 is 0 Å². The predicted octanol–water partition coefficient (Wildman–Crippen LogP) is 4.48. The summed E-state index contributed by atoms with van der Waals surface area (Å²) >= 11 is 7.39. The van der Waals surface area contributed by atoms with E-state index in [1.807, 2.05) is 0 Å². The molecule has 2 heterocycles. The third-order valence-electron chi connectivity index (χ3n) is 4.31. The minimum Gasteiger partial charge on any atom is -0.477 e. The average molecular weight is 394 g/mol. The number of hydrogen-bond acceptors (Lipinski definition) is 3. The number of nitrogens with zero attached hydrogens (tertiary/aromatic N) is 1. The molecule has 3 aromatic rings. The lowest BCUT2D eigenvalue weighted by atomic mass is 10.1. The van der Waals surface area contributed by atoms with E-state index in [0.717, 1.165) is 11.6 Å². The van der Waals surface area contributed by atoms with Crippen LogP contribution in [0.4, 0.5) is 8.78 Å². The molecule has 1 aliphatic rings. The first-order chi connectivity index (χ1) is 12.4. The summed E-state index contributed by atoms with van der Waals surface area (Å²) in [6.45, 7) is 0.336. The zero-order valence-electron chi connectivity index (χ0n) is 13.0. The monoisotopic (exact) mass is 393 g/mol. The van der Waals surface area contributed by atoms with Crippen LogP contribution in [0.1, 0.15) is 21.2 Å². The van der Waals surface area contributed by atoms with Gasteiger partial charge in [0.05, 0.1) is 26.1 Å². The SMILES string of the molecule is O=C(O)c1cn2c3c(c(Cl)c(F)cc3c1=O)SC(c1ccc(F)cc1)C2. The molecule has 1 unspecified atom stereocenters. The standard InChI is InChI=1S/C18H10ClF2NO3S/c19-14-12(21)5-10-15-17(14)26-13(8-1-3-9(20)4-2-8)7-22(15)6-11(16(10)23)18(24)25/h1-6,13H,7H2,(H,24,25). The lowest BCUT2D eigenvalue weighted by Gasteiger charge is -2.28. The van der Waals surface area contributed by atoms with Gasteiger partial charge >= 0.3 is 5.97 Å². The second-order valence-electron chi connectivity index (χ2n) is 5.89. The lowest BCUT2D eigenvalue weighted by Crippen LogP contribution is -2.23. The van der Waals surface area contributed by atoms with Gasteiger partial charge in [-0.25, -0.2) is 13.6 Å². The molecule has 132 valence electrons. The molecule has 8 heteroatoms. The Labute approximate surface area is 155 Å². The Bertz CT molecular complexity index is 1130. The molecule has 0 fully saturated rings. The number of carboxylic acids is 1. The number of pyridine rings is 1. The van der Waals surface area contributed by atoms with E-state index < -0.39 is 22.8 Å². The van der Waals surface area contributed by atoms with Gasteiger partial charge in [0.25, 0.3) is 0 Å². The van der Waals surface area contributed by atoms with Crippen molar-refractivity contribution in [3.63, 3.8) is 0 Å². The van der Waals surface area contributed by atoms with Gasteiger partial charge in [-0.1, -0.05) is 23.7 Å². The first-order valence-electron chi connectivity index (χ1n) is 7.57. The first kappa shape index (κ1) is 17.1. The number of rotatable bonds is 2. The molecule has 0 aliphatic carbocycles. The summed E-state index contributed by atoms with van der Waals surface area (Å²) in [5.41, 5.74) is 0.0113. The maximum absolute atomic E-state index is 14.3. The number of halogens is 3. The molecular formula is C18H10ClF2NO3S. The molecule has 0 amide bonds. The van der Waals surface area contributed by atoms with Gasteiger partial charge < -0.3 is 9.67 Å². The van der Waals surface area contributed by atoms with Gasteiger partial charge in [0.1, 0.15) is 17.2 Å². The normalized spacial score (nSPS) is 16.0. The van der Waals surface area contributed by atoms with E-state index in [1.54, 1.807) is 16.7 Å². The second kappa shape index (κ2) is 6.10. The van der Waals surface area contributed by atoms with Gasteiger partial charge in [-0.2, -0.15) is 0 Å². The molecule has 1 aromatic heterocycles. The molecule has 4 rings (SSSR count). The van der Waals surface area contributed by atoms with E-state index in [0.29, 0.717) is 17.0 Å². The number of hydrogen-bond donors (Lipinski definition) is 1. The minimum atomic E-state index is -1.38. The van der Waals surface area contributed by atoms with Gasteiger partial charge in [-0.3, -0.25) is 4.79 Å². The van der Waals surface area contributed by atoms with Crippen molar-refractivity contribution < 1.29 is 18.7 Å². The van der Waals surface area contributed by atoms with Crippen LogP contribution < -0.4 is 5.43 Å². The zero-order valence-corrected chi connectivity index (χ0v) is 14.6. The van der Waals surface area contributed by atoms with E-state index in [9.17, 15) is 23.5 Å². The van der Waals surface area contributed by atoms with Crippen LogP contribution in [0, 0.1) is 11.6 Å². The van der Waals surface area contributed by atoms with Crippen molar-refractivity contribution in [3.8, 4) is 0 Å². The fourth-order valence-electron chi connectivity index (χ4n) is 3.09. The quantitative estimate of drug-likeness (QED) is 0.697. The highest BCUT2D eigenvalue weighted by molar-refractivity contribution is 8.00. The van der Waals surface area contributed by atoms with Gasteiger partial charge in [-0.15, -0.1) is 11.8 Å². The molecule has 0 radical (unpaired) electrons. The molecule has 2 aromatic carbocycles. The van der Waals surface area contributed by atoms with Gasteiger partial charge in [-0.05, 0) is 23.8 Å². The maximum atomic E-state index is 14.3. The molecule has 4 nitrogen and oxygen atoms in total. The van der Waals surface area contributed by atoms with Crippen LogP contribution in [0.5, 0.6) is 0 Å². The third-order valence-corrected chi connectivity index (χ3v) is 6.13. The Morgan fingerprint density at radius 1 is 1.27 bits per heavy atom. The zero-order chi connectivity index (χ0) is 18.6. The topological polar surface area (TPSA) is 59.3 Å². The average Bonchev–Trinajstić information content (AvgIpc) is 2.61. The number of carboxylic acid groups (broad SMARTS) is 1. The van der Waals surface area contributed by atoms with Crippen molar-refractivity contribution in [3.05, 3.63) is 74.5 Å². The Balaban J connectivity index is 1.98. The van der Waals surface area contributed by atoms with Crippen molar-refractivity contribution >= 4 is 40.2 Å². The maximum Gasteiger partial charge on any atom is 0.341 e. The molecular weight excluding hydrogens is 384 g/mol. The number of aromatic carboxylic acids is 1. The highest BCUT2D eigenvalue weighted by Gasteiger charge is 2.28. The number of thioether (sulfide) groups is 1. The molecule has 1 atom stereocenters. The first-order valence-corrected chi connectivity index (χ1v) is 8.83. The molecule has 26 heavy (non-hydrogen) atoms. The summed E-state index contributed by atoms with van der Waals surface area (Å²) in [5.74, 6) is -2.54. The molecule has 0 saturated carbocycles. The fraction of sp³-hybridized carbons (Fsp3) is 0.111. The smallest absolute Gasteiger partial charge is 0.341 e. The minimum absolute atomic E-state index is 0.0214. The summed E-state index contributed by atoms with van der Waals surface area (Å²) < 4.78 is 29.1. The Kier molecular flexibility index (Phi) is 4.00. The Morgan fingerprint density at radius 3 is 2.62 bits per heavy atom. The molecule has 1 aliphatic heterocycles. The van der Waals surface area contributed by atoms with Crippen LogP contribution in [-0.2, 0) is 6.54 Å². The molecule has 0 bridgehead atoms. The van der Waals surface area contributed by atoms with Crippen molar-refractivity contribution in [1.29, 1.82) is 0 Å². The van der Waals surface area contributed by atoms with Crippen LogP contribution in [-0.4, -0.2) is 15.6 Å². The van der Waals surface area contributed by atoms with Crippen molar-refractivity contribution in [2.45, 2.75) is 16.7 Å². The number of carbonyl (C=O) groups is 1. The van der Waals surface area contributed by atoms with Crippen molar-refractivity contribution in [2.24, 2.45) is 0 Å². The summed E-state index contributed by atoms with van der Waals surface area (Å²) in [6, 6.07) is 6.85. The van der Waals surface area contributed by atoms with Crippen LogP contribution in [0.3, 0.4) is 0 Å². The second-order valence-corrected chi connectivity index (χ2v) is 7.48. The summed E-state index contributed by atoms with van der Waals surface area (Å²) in [5, 5.41) is 8.91. The van der Waals surface area contributed by atoms with Crippen LogP contribution in [0.25, 0.3) is 10.9 Å². The fourth-order valence-corrected chi connectivity index (χ4v) is 4.72. The van der Waals surface area contributed by atoms with Crippen molar-refractivity contribution in [1.82, 2.24) is 4.57 Å². The molecule has 1 N–H and O–H groups in total. The third kappa shape index (κ3) is 2.59. The van der Waals surface area contributed by atoms with Gasteiger partial charge in [0.2, 0.25) is 5.43 Å². The van der Waals surface area contributed by atoms with Gasteiger partial charge in [0.15, 0.2) is 0 Å². The van der Waals surface area contributed by atoms with E-state index in [1.165, 1.54) is 30.1 Å². The molecule has 0 spiro atoms. The number of benzene rings is 2. The summed E-state index contributed by atoms with van der Waals surface area (Å²) in [4.78, 5) is 24.2. The van der Waals surface area contributed by atoms with Crippen molar-refractivity contribution in [2.75, 3.05) is 0 Å². The van der Waals surface area contributed by atoms with E-state index in [-0.39, 0.29) is 21.5 Å². The number of aromatic nitrogens is 1. The van der Waals surface area contributed by atoms with Crippen LogP contribution in [0.2, 0.25) is 5.02 Å². The van der Waals surface area contributed by atoms with E-state index in [4.69, 9.17) is 11.6 Å². The highest BCUT2D eigenvalue weighted by Crippen LogP contribution is 2.47. The predicted molar refractivity (Wildman–Crippen MR) is 95.1 cm³/mol. The summed E-state index contributed by atoms with van der Waals surface area (Å²) in [7, 11) is 0. The lowest BCUT2D eigenvalue weighted by molar-refractivity contribution is 0.0694. The van der Waals surface area contributed by atoms with Crippen LogP contribution >= 0.6 is 23.4 Å². The molecule has 0 saturated heterocycles. The van der Waals surface area contributed by atoms with Crippen LogP contribution in [0.15, 0.2) is 46.2 Å².